The highest BCUT2D eigenvalue weighted by Crippen LogP contribution is 2.47. The number of carbonyl (C=O) groups is 2. The van der Waals surface area contributed by atoms with Gasteiger partial charge in [-0.1, -0.05) is 6.92 Å². The number of ether oxygens (including phenoxy) is 2. The molecule has 1 heterocycles. The van der Waals surface area contributed by atoms with E-state index in [2.05, 4.69) is 0 Å². The first-order chi connectivity index (χ1) is 16.6. The first-order valence-electron chi connectivity index (χ1n) is 11.2. The summed E-state index contributed by atoms with van der Waals surface area (Å²) in [5, 5.41) is 10.2. The van der Waals surface area contributed by atoms with Gasteiger partial charge in [-0.2, -0.15) is 0 Å². The number of aromatic hydroxyl groups is 1. The third-order valence-corrected chi connectivity index (χ3v) is 6.80. The Bertz CT molecular complexity index is 1390. The smallest absolute Gasteiger partial charge is 0.310 e. The van der Waals surface area contributed by atoms with Crippen LogP contribution in [0.5, 0.6) is 17.2 Å². The normalized spacial score (nSPS) is 12.0. The quantitative estimate of drug-likeness (QED) is 0.140. The monoisotopic (exact) mass is 490 g/mol. The van der Waals surface area contributed by atoms with Gasteiger partial charge in [-0.3, -0.25) is 9.59 Å². The molecule has 0 aliphatic carbocycles. The van der Waals surface area contributed by atoms with Crippen molar-refractivity contribution in [3.05, 3.63) is 77.9 Å². The lowest BCUT2D eigenvalue weighted by molar-refractivity contribution is -0.134. The Hall–Kier alpha value is -3.68. The summed E-state index contributed by atoms with van der Waals surface area (Å²) in [7, 11) is -1.65. The molecule has 0 bridgehead atoms. The fraction of sp³-hybridized carbons (Fsp3) is 0.214. The number of hydrogen-bond donors (Lipinski definition) is 1. The van der Waals surface area contributed by atoms with E-state index in [1.807, 2.05) is 20.8 Å². The number of thiophene rings is 1. The van der Waals surface area contributed by atoms with Gasteiger partial charge in [0.2, 0.25) is 0 Å². The van der Waals surface area contributed by atoms with Crippen LogP contribution >= 0.6 is 10.8 Å². The lowest BCUT2D eigenvalue weighted by Crippen LogP contribution is -2.22. The second-order valence-electron chi connectivity index (χ2n) is 9.07. The van der Waals surface area contributed by atoms with E-state index in [4.69, 9.17) is 9.47 Å². The van der Waals surface area contributed by atoms with Gasteiger partial charge >= 0.3 is 5.97 Å². The maximum absolute atomic E-state index is 13.7. The number of carbonyl (C=O) groups excluding carboxylic acids is 2. The average Bonchev–Trinajstić information content (AvgIpc) is 3.10. The van der Waals surface area contributed by atoms with Gasteiger partial charge in [0.25, 0.3) is 0 Å². The number of ketones is 1. The number of hydrogen-bond acceptors (Lipinski definition) is 6. The first kappa shape index (κ1) is 24.4. The fourth-order valence-electron chi connectivity index (χ4n) is 3.72. The number of esters is 1. The van der Waals surface area contributed by atoms with E-state index >= 15 is 0 Å². The largest absolute Gasteiger partial charge is 0.590 e. The van der Waals surface area contributed by atoms with E-state index in [0.717, 1.165) is 0 Å². The highest BCUT2D eigenvalue weighted by Gasteiger charge is 2.30. The van der Waals surface area contributed by atoms with Crippen LogP contribution in [0, 0.1) is 0 Å². The molecule has 4 aromatic rings. The van der Waals surface area contributed by atoms with Gasteiger partial charge in [0.05, 0.1) is 10.9 Å². The molecule has 180 valence electrons. The van der Waals surface area contributed by atoms with Crippen LogP contribution in [-0.4, -0.2) is 27.0 Å². The zero-order valence-electron chi connectivity index (χ0n) is 20.0. The van der Waals surface area contributed by atoms with Crippen molar-refractivity contribution < 1.29 is 28.7 Å². The molecule has 0 aliphatic heterocycles. The lowest BCUT2D eigenvalue weighted by Gasteiger charge is -2.20. The number of fused-ring (bicyclic) bond motifs is 1. The van der Waals surface area contributed by atoms with E-state index in [1.165, 1.54) is 24.3 Å². The van der Waals surface area contributed by atoms with Crippen LogP contribution in [0.3, 0.4) is 0 Å². The minimum absolute atomic E-state index is 0.0485. The van der Waals surface area contributed by atoms with Gasteiger partial charge in [-0.25, -0.2) is 0 Å². The Labute approximate surface area is 206 Å². The molecule has 0 aliphatic rings. The van der Waals surface area contributed by atoms with Crippen molar-refractivity contribution in [3.8, 4) is 27.7 Å². The van der Waals surface area contributed by atoms with Gasteiger partial charge in [-0.05, 0) is 92.2 Å². The van der Waals surface area contributed by atoms with E-state index < -0.39 is 16.4 Å². The summed E-state index contributed by atoms with van der Waals surface area (Å²) in [6, 6.07) is 17.8. The van der Waals surface area contributed by atoms with Crippen LogP contribution in [0.25, 0.3) is 20.5 Å². The van der Waals surface area contributed by atoms with Crippen molar-refractivity contribution in [1.29, 1.82) is 0 Å². The van der Waals surface area contributed by atoms with Crippen LogP contribution in [0.4, 0.5) is 0 Å². The molecular formula is C28H26O6S. The number of phenols is 1. The summed E-state index contributed by atoms with van der Waals surface area (Å²) >= 11 is 0. The van der Waals surface area contributed by atoms with Crippen LogP contribution in [0.1, 0.15) is 50.0 Å². The molecule has 0 saturated carbocycles. The summed E-state index contributed by atoms with van der Waals surface area (Å²) < 4.78 is 25.4. The maximum atomic E-state index is 13.7. The molecule has 3 aromatic carbocycles. The molecule has 4 rings (SSSR count). The third kappa shape index (κ3) is 5.21. The lowest BCUT2D eigenvalue weighted by atomic mass is 9.97. The minimum atomic E-state index is -1.65. The van der Waals surface area contributed by atoms with Gasteiger partial charge < -0.3 is 19.1 Å². The third-order valence-electron chi connectivity index (χ3n) is 5.25. The van der Waals surface area contributed by atoms with Crippen molar-refractivity contribution in [2.45, 2.75) is 39.7 Å². The summed E-state index contributed by atoms with van der Waals surface area (Å²) in [4.78, 5) is 25.6. The molecule has 1 N–H and O–H groups in total. The Morgan fingerprint density at radius 3 is 2.17 bits per heavy atom. The van der Waals surface area contributed by atoms with E-state index in [0.29, 0.717) is 43.2 Å². The summed E-state index contributed by atoms with van der Waals surface area (Å²) in [5.74, 6) is 0.313. The summed E-state index contributed by atoms with van der Waals surface area (Å²) in [6.07, 6.45) is 0.247. The second kappa shape index (κ2) is 9.52. The SMILES string of the molecule is CCC(=O)Oc1ccc(-c2c(C(=O)c3ccc(O)cc3)c3ccc(OC(C)(C)C)cc3[s+]2[O-])cc1. The predicted molar refractivity (Wildman–Crippen MR) is 136 cm³/mol. The molecule has 0 amide bonds. The number of rotatable bonds is 6. The average molecular weight is 491 g/mol. The highest BCUT2D eigenvalue weighted by molar-refractivity contribution is 7.35. The molecule has 0 spiro atoms. The molecule has 1 aromatic heterocycles. The van der Waals surface area contributed by atoms with Crippen molar-refractivity contribution in [2.24, 2.45) is 0 Å². The van der Waals surface area contributed by atoms with Crippen LogP contribution in [-0.2, 0) is 4.79 Å². The van der Waals surface area contributed by atoms with Gasteiger partial charge in [0.1, 0.15) is 22.8 Å². The zero-order chi connectivity index (χ0) is 25.3. The molecule has 1 atom stereocenters. The second-order valence-corrected chi connectivity index (χ2v) is 10.5. The van der Waals surface area contributed by atoms with Crippen molar-refractivity contribution in [3.63, 3.8) is 0 Å². The minimum Gasteiger partial charge on any atom is -0.590 e. The first-order valence-corrected chi connectivity index (χ1v) is 12.4. The van der Waals surface area contributed by atoms with Gasteiger partial charge in [-0.15, -0.1) is 0 Å². The van der Waals surface area contributed by atoms with Crippen LogP contribution in [0.2, 0.25) is 0 Å². The fourth-order valence-corrected chi connectivity index (χ4v) is 5.27. The van der Waals surface area contributed by atoms with E-state index in [1.54, 1.807) is 49.4 Å². The van der Waals surface area contributed by atoms with Crippen LogP contribution < -0.4 is 9.47 Å². The molecule has 6 nitrogen and oxygen atoms in total. The summed E-state index contributed by atoms with van der Waals surface area (Å²) in [6.45, 7) is 7.48. The Kier molecular flexibility index (Phi) is 6.65. The molecule has 35 heavy (non-hydrogen) atoms. The Morgan fingerprint density at radius 2 is 1.57 bits per heavy atom. The molecule has 7 heteroatoms. The predicted octanol–water partition coefficient (Wildman–Crippen LogP) is 6.66. The van der Waals surface area contributed by atoms with Crippen molar-refractivity contribution in [1.82, 2.24) is 0 Å². The van der Waals surface area contributed by atoms with Gasteiger partial charge in [0, 0.05) is 23.6 Å². The van der Waals surface area contributed by atoms with E-state index in [9.17, 15) is 19.2 Å². The summed E-state index contributed by atoms with van der Waals surface area (Å²) in [5.41, 5.74) is 0.825. The number of benzene rings is 3. The molecular weight excluding hydrogens is 464 g/mol. The molecule has 0 fully saturated rings. The standard InChI is InChI=1S/C28H26O6S/c1-5-24(30)33-20-12-8-18(9-13-20)27-25(26(31)17-6-10-19(29)11-7-17)22-15-14-21(34-28(2,3)4)16-23(22)35(27)32/h6-16,29H,5H2,1-4H3. The zero-order valence-corrected chi connectivity index (χ0v) is 20.8. The molecule has 0 radical (unpaired) electrons. The van der Waals surface area contributed by atoms with Crippen LogP contribution in [0.15, 0.2) is 66.7 Å². The maximum Gasteiger partial charge on any atom is 0.310 e. The highest BCUT2D eigenvalue weighted by atomic mass is 32.2. The van der Waals surface area contributed by atoms with Gasteiger partial charge in [0.15, 0.2) is 15.4 Å². The Balaban J connectivity index is 1.89. The van der Waals surface area contributed by atoms with Crippen molar-refractivity contribution in [2.75, 3.05) is 0 Å². The number of phenolic OH excluding ortho intramolecular Hbond substituents is 1. The van der Waals surface area contributed by atoms with E-state index in [-0.39, 0.29) is 23.9 Å². The Morgan fingerprint density at radius 1 is 0.943 bits per heavy atom. The topological polar surface area (TPSA) is 95.9 Å². The molecule has 1 unspecified atom stereocenters. The van der Waals surface area contributed by atoms with Crippen molar-refractivity contribution >= 4 is 32.6 Å². The molecule has 0 saturated heterocycles.